The van der Waals surface area contributed by atoms with E-state index in [0.717, 1.165) is 41.5 Å². The average Bonchev–Trinajstić information content (AvgIpc) is 2.88. The summed E-state index contributed by atoms with van der Waals surface area (Å²) >= 11 is 0. The van der Waals surface area contributed by atoms with Gasteiger partial charge in [0.2, 0.25) is 0 Å². The summed E-state index contributed by atoms with van der Waals surface area (Å²) in [5.74, 6) is 0. The highest BCUT2D eigenvalue weighted by Crippen LogP contribution is 2.30. The molecule has 0 aliphatic heterocycles. The van der Waals surface area contributed by atoms with Crippen LogP contribution in [0, 0.1) is 6.92 Å². The molecule has 0 spiro atoms. The summed E-state index contributed by atoms with van der Waals surface area (Å²) in [6.45, 7) is 1.96. The third-order valence-electron chi connectivity index (χ3n) is 4.20. The van der Waals surface area contributed by atoms with Crippen LogP contribution in [0.2, 0.25) is 0 Å². The Labute approximate surface area is 125 Å². The first-order chi connectivity index (χ1) is 9.95. The minimum atomic E-state index is -3.02. The minimum Gasteiger partial charge on any atom is -0.379 e. The van der Waals surface area contributed by atoms with Gasteiger partial charge in [0.15, 0.2) is 9.84 Å². The van der Waals surface area contributed by atoms with E-state index < -0.39 is 9.84 Å². The number of anilines is 1. The monoisotopic (exact) mass is 304 g/mol. The first-order valence-electron chi connectivity index (χ1n) is 7.27. The van der Waals surface area contributed by atoms with E-state index in [4.69, 9.17) is 0 Å². The molecule has 3 rings (SSSR count). The largest absolute Gasteiger partial charge is 0.379 e. The summed E-state index contributed by atoms with van der Waals surface area (Å²) in [7, 11) is -3.02. The van der Waals surface area contributed by atoms with Crippen LogP contribution in [0.5, 0.6) is 0 Å². The minimum absolute atomic E-state index is 0.0205. The number of pyridine rings is 1. The van der Waals surface area contributed by atoms with Crippen LogP contribution in [0.1, 0.15) is 25.0 Å². The molecule has 1 fully saturated rings. The topological polar surface area (TPSA) is 59.1 Å². The summed E-state index contributed by atoms with van der Waals surface area (Å²) in [4.78, 5) is 4.59. The Bertz CT molecular complexity index is 771. The molecule has 1 aliphatic rings. The second kappa shape index (κ2) is 5.30. The number of para-hydroxylation sites is 1. The Balaban J connectivity index is 1.96. The van der Waals surface area contributed by atoms with Crippen LogP contribution in [0.25, 0.3) is 10.9 Å². The van der Waals surface area contributed by atoms with Crippen molar-refractivity contribution in [3.8, 4) is 0 Å². The van der Waals surface area contributed by atoms with E-state index in [1.165, 1.54) is 6.26 Å². The molecule has 4 nitrogen and oxygen atoms in total. The lowest BCUT2D eigenvalue weighted by molar-refractivity contribution is 0.579. The van der Waals surface area contributed by atoms with Crippen molar-refractivity contribution < 1.29 is 8.42 Å². The molecule has 2 aromatic rings. The molecule has 1 saturated carbocycles. The number of nitrogens with one attached hydrogen (secondary N) is 1. The van der Waals surface area contributed by atoms with Crippen LogP contribution in [0.4, 0.5) is 5.69 Å². The molecule has 0 amide bonds. The number of hydrogen-bond acceptors (Lipinski definition) is 4. The van der Waals surface area contributed by atoms with Crippen molar-refractivity contribution in [1.82, 2.24) is 4.98 Å². The van der Waals surface area contributed by atoms with E-state index in [1.807, 2.05) is 37.3 Å². The number of aromatic nitrogens is 1. The zero-order chi connectivity index (χ0) is 15.0. The Kier molecular flexibility index (Phi) is 3.61. The molecule has 1 aliphatic carbocycles. The van der Waals surface area contributed by atoms with Crippen LogP contribution in [0.15, 0.2) is 30.3 Å². The summed E-state index contributed by atoms with van der Waals surface area (Å²) in [5.41, 5.74) is 2.80. The number of aryl methyl sites for hydroxylation is 1. The van der Waals surface area contributed by atoms with Crippen LogP contribution in [-0.4, -0.2) is 30.9 Å². The predicted octanol–water partition coefficient (Wildman–Crippen LogP) is 2.92. The van der Waals surface area contributed by atoms with E-state index in [9.17, 15) is 8.42 Å². The fourth-order valence-electron chi connectivity index (χ4n) is 3.16. The van der Waals surface area contributed by atoms with Crippen LogP contribution < -0.4 is 5.32 Å². The molecule has 1 aromatic carbocycles. The molecule has 0 bridgehead atoms. The van der Waals surface area contributed by atoms with Gasteiger partial charge in [-0.15, -0.1) is 0 Å². The van der Waals surface area contributed by atoms with E-state index in [0.29, 0.717) is 0 Å². The van der Waals surface area contributed by atoms with Gasteiger partial charge >= 0.3 is 0 Å². The first-order valence-corrected chi connectivity index (χ1v) is 9.22. The van der Waals surface area contributed by atoms with E-state index in [1.54, 1.807) is 0 Å². The lowest BCUT2D eigenvalue weighted by Gasteiger charge is -2.21. The normalized spacial score (nSPS) is 22.6. The lowest BCUT2D eigenvalue weighted by atomic mass is 10.1. The Morgan fingerprint density at radius 3 is 2.76 bits per heavy atom. The maximum atomic E-state index is 11.9. The van der Waals surface area contributed by atoms with Gasteiger partial charge in [0.1, 0.15) is 0 Å². The standard InChI is InChI=1S/C16H20N2O2S/c1-11-9-10-12-5-3-7-14(16(12)17-11)18-13-6-4-8-15(13)21(2,19)20/h3,5,7,9-10,13,15,18H,4,6,8H2,1-2H3. The molecule has 1 N–H and O–H groups in total. The van der Waals surface area contributed by atoms with Gasteiger partial charge in [-0.25, -0.2) is 8.42 Å². The Morgan fingerprint density at radius 2 is 2.00 bits per heavy atom. The first kappa shape index (κ1) is 14.3. The highest BCUT2D eigenvalue weighted by atomic mass is 32.2. The van der Waals surface area contributed by atoms with E-state index in [2.05, 4.69) is 10.3 Å². The summed E-state index contributed by atoms with van der Waals surface area (Å²) in [6, 6.07) is 9.99. The number of nitrogens with zero attached hydrogens (tertiary/aromatic N) is 1. The summed E-state index contributed by atoms with van der Waals surface area (Å²) < 4.78 is 23.8. The maximum Gasteiger partial charge on any atom is 0.152 e. The third-order valence-corrected chi connectivity index (χ3v) is 5.87. The van der Waals surface area contributed by atoms with Gasteiger partial charge in [-0.3, -0.25) is 4.98 Å². The number of rotatable bonds is 3. The smallest absolute Gasteiger partial charge is 0.152 e. The van der Waals surface area contributed by atoms with Gasteiger partial charge in [-0.1, -0.05) is 18.2 Å². The molecule has 0 radical (unpaired) electrons. The van der Waals surface area contributed by atoms with Gasteiger partial charge in [-0.2, -0.15) is 0 Å². The zero-order valence-electron chi connectivity index (χ0n) is 12.3. The highest BCUT2D eigenvalue weighted by Gasteiger charge is 2.34. The van der Waals surface area contributed by atoms with E-state index in [-0.39, 0.29) is 11.3 Å². The van der Waals surface area contributed by atoms with Crippen molar-refractivity contribution in [3.63, 3.8) is 0 Å². The van der Waals surface area contributed by atoms with Crippen molar-refractivity contribution >= 4 is 26.4 Å². The van der Waals surface area contributed by atoms with Crippen molar-refractivity contribution in [2.75, 3.05) is 11.6 Å². The number of fused-ring (bicyclic) bond motifs is 1. The molecular weight excluding hydrogens is 284 g/mol. The highest BCUT2D eigenvalue weighted by molar-refractivity contribution is 7.91. The second-order valence-electron chi connectivity index (χ2n) is 5.88. The molecule has 2 atom stereocenters. The Hall–Kier alpha value is -1.62. The third kappa shape index (κ3) is 2.88. The molecule has 1 aromatic heterocycles. The molecule has 5 heteroatoms. The van der Waals surface area contributed by atoms with Crippen molar-refractivity contribution in [1.29, 1.82) is 0 Å². The van der Waals surface area contributed by atoms with Crippen LogP contribution >= 0.6 is 0 Å². The number of hydrogen-bond donors (Lipinski definition) is 1. The van der Waals surface area contributed by atoms with Gasteiger partial charge in [0.25, 0.3) is 0 Å². The fourth-order valence-corrected chi connectivity index (χ4v) is 4.56. The molecule has 2 unspecified atom stereocenters. The van der Waals surface area contributed by atoms with Crippen LogP contribution in [-0.2, 0) is 9.84 Å². The quantitative estimate of drug-likeness (QED) is 0.947. The van der Waals surface area contributed by atoms with Gasteiger partial charge in [0.05, 0.1) is 16.5 Å². The molecule has 0 saturated heterocycles. The maximum absolute atomic E-state index is 11.9. The number of sulfone groups is 1. The second-order valence-corrected chi connectivity index (χ2v) is 8.14. The van der Waals surface area contributed by atoms with Crippen molar-refractivity contribution in [3.05, 3.63) is 36.0 Å². The molecule has 112 valence electrons. The Morgan fingerprint density at radius 1 is 1.19 bits per heavy atom. The fraction of sp³-hybridized carbons (Fsp3) is 0.438. The van der Waals surface area contributed by atoms with Gasteiger partial charge < -0.3 is 5.32 Å². The van der Waals surface area contributed by atoms with Gasteiger partial charge in [-0.05, 0) is 38.3 Å². The SMILES string of the molecule is Cc1ccc2cccc(NC3CCCC3S(C)(=O)=O)c2n1. The molecular formula is C16H20N2O2S. The average molecular weight is 304 g/mol. The predicted molar refractivity (Wildman–Crippen MR) is 86.4 cm³/mol. The van der Waals surface area contributed by atoms with E-state index >= 15 is 0 Å². The van der Waals surface area contributed by atoms with Crippen molar-refractivity contribution in [2.45, 2.75) is 37.5 Å². The molecule has 21 heavy (non-hydrogen) atoms. The summed E-state index contributed by atoms with van der Waals surface area (Å²) in [6.07, 6.45) is 3.92. The van der Waals surface area contributed by atoms with Gasteiger partial charge in [0, 0.05) is 23.4 Å². The number of benzene rings is 1. The summed E-state index contributed by atoms with van der Waals surface area (Å²) in [5, 5.41) is 4.20. The zero-order valence-corrected chi connectivity index (χ0v) is 13.2. The van der Waals surface area contributed by atoms with Crippen LogP contribution in [0.3, 0.4) is 0 Å². The van der Waals surface area contributed by atoms with Crippen molar-refractivity contribution in [2.24, 2.45) is 0 Å². The lowest BCUT2D eigenvalue weighted by Crippen LogP contribution is -2.34. The molecule has 1 heterocycles.